The van der Waals surface area contributed by atoms with Crippen molar-refractivity contribution in [3.63, 3.8) is 0 Å². The van der Waals surface area contributed by atoms with Gasteiger partial charge in [0.05, 0.1) is 17.2 Å². The number of aromatic nitrogens is 3. The fourth-order valence-corrected chi connectivity index (χ4v) is 2.39. The van der Waals surface area contributed by atoms with Crippen LogP contribution in [0.3, 0.4) is 0 Å². The topological polar surface area (TPSA) is 56.7 Å². The standard InChI is InChI=1S/C11H16N4S/c1-3-4-15-7-9(5-14-15)11(12)10-6-13-8(2)16-10/h5-7,11H,3-4,12H2,1-2H3. The Kier molecular flexibility index (Phi) is 3.36. The molecule has 0 amide bonds. The van der Waals surface area contributed by atoms with E-state index in [-0.39, 0.29) is 6.04 Å². The van der Waals surface area contributed by atoms with Crippen molar-refractivity contribution in [2.75, 3.05) is 0 Å². The van der Waals surface area contributed by atoms with Gasteiger partial charge >= 0.3 is 0 Å². The summed E-state index contributed by atoms with van der Waals surface area (Å²) in [5.41, 5.74) is 7.21. The van der Waals surface area contributed by atoms with E-state index in [0.29, 0.717) is 0 Å². The lowest BCUT2D eigenvalue weighted by molar-refractivity contribution is 0.602. The first-order chi connectivity index (χ1) is 7.70. The van der Waals surface area contributed by atoms with E-state index < -0.39 is 0 Å². The van der Waals surface area contributed by atoms with Crippen molar-refractivity contribution in [1.82, 2.24) is 14.8 Å². The number of rotatable bonds is 4. The largest absolute Gasteiger partial charge is 0.319 e. The first-order valence-electron chi connectivity index (χ1n) is 5.41. The van der Waals surface area contributed by atoms with Crippen molar-refractivity contribution >= 4 is 11.3 Å². The molecular formula is C11H16N4S. The molecule has 0 bridgehead atoms. The molecule has 0 aliphatic rings. The summed E-state index contributed by atoms with van der Waals surface area (Å²) in [7, 11) is 0. The SMILES string of the molecule is CCCn1cc(C(N)c2cnc(C)s2)cn1. The van der Waals surface area contributed by atoms with Crippen LogP contribution in [0.2, 0.25) is 0 Å². The second kappa shape index (κ2) is 4.76. The lowest BCUT2D eigenvalue weighted by Crippen LogP contribution is -2.09. The van der Waals surface area contributed by atoms with Crippen molar-refractivity contribution < 1.29 is 0 Å². The molecule has 0 aliphatic heterocycles. The zero-order valence-corrected chi connectivity index (χ0v) is 10.4. The Morgan fingerprint density at radius 3 is 2.94 bits per heavy atom. The molecule has 2 aromatic rings. The van der Waals surface area contributed by atoms with Gasteiger partial charge in [-0.25, -0.2) is 4.98 Å². The number of nitrogens with two attached hydrogens (primary N) is 1. The highest BCUT2D eigenvalue weighted by Gasteiger charge is 2.13. The molecule has 86 valence electrons. The summed E-state index contributed by atoms with van der Waals surface area (Å²) < 4.78 is 1.93. The van der Waals surface area contributed by atoms with Gasteiger partial charge in [0, 0.05) is 29.4 Å². The summed E-state index contributed by atoms with van der Waals surface area (Å²) in [6, 6.07) is -0.100. The Morgan fingerprint density at radius 1 is 1.50 bits per heavy atom. The Morgan fingerprint density at radius 2 is 2.31 bits per heavy atom. The molecule has 0 aromatic carbocycles. The van der Waals surface area contributed by atoms with Crippen LogP contribution in [0.5, 0.6) is 0 Å². The smallest absolute Gasteiger partial charge is 0.0897 e. The van der Waals surface area contributed by atoms with E-state index in [1.165, 1.54) is 0 Å². The van der Waals surface area contributed by atoms with Crippen LogP contribution in [-0.2, 0) is 6.54 Å². The maximum Gasteiger partial charge on any atom is 0.0897 e. The van der Waals surface area contributed by atoms with Gasteiger partial charge in [-0.15, -0.1) is 11.3 Å². The molecule has 16 heavy (non-hydrogen) atoms. The minimum absolute atomic E-state index is 0.100. The van der Waals surface area contributed by atoms with Gasteiger partial charge in [0.2, 0.25) is 0 Å². The Balaban J connectivity index is 2.17. The van der Waals surface area contributed by atoms with Crippen molar-refractivity contribution in [3.8, 4) is 0 Å². The monoisotopic (exact) mass is 236 g/mol. The van der Waals surface area contributed by atoms with Gasteiger partial charge in [0.15, 0.2) is 0 Å². The zero-order chi connectivity index (χ0) is 11.5. The fourth-order valence-electron chi connectivity index (χ4n) is 1.58. The van der Waals surface area contributed by atoms with E-state index in [9.17, 15) is 0 Å². The average Bonchev–Trinajstić information content (AvgIpc) is 2.87. The summed E-state index contributed by atoms with van der Waals surface area (Å²) >= 11 is 1.64. The van der Waals surface area contributed by atoms with Crippen LogP contribution in [0.1, 0.15) is 34.8 Å². The lowest BCUT2D eigenvalue weighted by Gasteiger charge is -2.05. The highest BCUT2D eigenvalue weighted by Crippen LogP contribution is 2.24. The molecule has 5 heteroatoms. The van der Waals surface area contributed by atoms with Crippen molar-refractivity contribution in [2.45, 2.75) is 32.9 Å². The Hall–Kier alpha value is -1.20. The van der Waals surface area contributed by atoms with E-state index in [2.05, 4.69) is 17.0 Å². The molecule has 2 aromatic heterocycles. The predicted octanol–water partition coefficient (Wildman–Crippen LogP) is 2.11. The second-order valence-electron chi connectivity index (χ2n) is 3.80. The molecule has 0 fully saturated rings. The minimum Gasteiger partial charge on any atom is -0.319 e. The van der Waals surface area contributed by atoms with E-state index in [1.807, 2.05) is 30.2 Å². The lowest BCUT2D eigenvalue weighted by atomic mass is 10.1. The van der Waals surface area contributed by atoms with Gasteiger partial charge in [-0.05, 0) is 13.3 Å². The van der Waals surface area contributed by atoms with Gasteiger partial charge in [-0.3, -0.25) is 4.68 Å². The molecule has 1 unspecified atom stereocenters. The number of nitrogens with zero attached hydrogens (tertiary/aromatic N) is 3. The van der Waals surface area contributed by atoms with E-state index >= 15 is 0 Å². The molecular weight excluding hydrogens is 220 g/mol. The normalized spacial score (nSPS) is 12.9. The number of hydrogen-bond donors (Lipinski definition) is 1. The fraction of sp³-hybridized carbons (Fsp3) is 0.455. The van der Waals surface area contributed by atoms with E-state index in [0.717, 1.165) is 28.4 Å². The van der Waals surface area contributed by atoms with Gasteiger partial charge in [-0.1, -0.05) is 6.92 Å². The maximum atomic E-state index is 6.16. The molecule has 0 aliphatic carbocycles. The Bertz CT molecular complexity index is 460. The van der Waals surface area contributed by atoms with Crippen LogP contribution >= 0.6 is 11.3 Å². The third-order valence-corrected chi connectivity index (χ3v) is 3.41. The molecule has 1 atom stereocenters. The average molecular weight is 236 g/mol. The van der Waals surface area contributed by atoms with E-state index in [4.69, 9.17) is 5.73 Å². The second-order valence-corrected chi connectivity index (χ2v) is 5.06. The van der Waals surface area contributed by atoms with Crippen LogP contribution in [0.4, 0.5) is 0 Å². The third-order valence-electron chi connectivity index (χ3n) is 2.41. The molecule has 0 saturated heterocycles. The van der Waals surface area contributed by atoms with Gasteiger partial charge < -0.3 is 5.73 Å². The molecule has 0 saturated carbocycles. The van der Waals surface area contributed by atoms with E-state index in [1.54, 1.807) is 11.3 Å². The summed E-state index contributed by atoms with van der Waals surface area (Å²) in [5, 5.41) is 5.33. The summed E-state index contributed by atoms with van der Waals surface area (Å²) in [6.07, 6.45) is 6.79. The minimum atomic E-state index is -0.100. The highest BCUT2D eigenvalue weighted by molar-refractivity contribution is 7.11. The van der Waals surface area contributed by atoms with Crippen LogP contribution in [-0.4, -0.2) is 14.8 Å². The number of thiazole rings is 1. The number of aryl methyl sites for hydroxylation is 2. The van der Waals surface area contributed by atoms with Gasteiger partial charge in [0.1, 0.15) is 0 Å². The number of hydrogen-bond acceptors (Lipinski definition) is 4. The Labute approximate surface area is 99.1 Å². The molecule has 2 rings (SSSR count). The molecule has 4 nitrogen and oxygen atoms in total. The van der Waals surface area contributed by atoms with Crippen molar-refractivity contribution in [1.29, 1.82) is 0 Å². The molecule has 2 N–H and O–H groups in total. The predicted molar refractivity (Wildman–Crippen MR) is 65.4 cm³/mol. The van der Waals surface area contributed by atoms with Crippen LogP contribution in [0.25, 0.3) is 0 Å². The van der Waals surface area contributed by atoms with Crippen LogP contribution < -0.4 is 5.73 Å². The van der Waals surface area contributed by atoms with Crippen LogP contribution in [0.15, 0.2) is 18.6 Å². The third kappa shape index (κ3) is 2.31. The first-order valence-corrected chi connectivity index (χ1v) is 6.22. The van der Waals surface area contributed by atoms with Crippen molar-refractivity contribution in [2.24, 2.45) is 5.73 Å². The summed E-state index contributed by atoms with van der Waals surface area (Å²) in [4.78, 5) is 5.31. The van der Waals surface area contributed by atoms with Crippen LogP contribution in [0, 0.1) is 6.92 Å². The molecule has 0 radical (unpaired) electrons. The van der Waals surface area contributed by atoms with Gasteiger partial charge in [0.25, 0.3) is 0 Å². The highest BCUT2D eigenvalue weighted by atomic mass is 32.1. The quantitative estimate of drug-likeness (QED) is 0.884. The van der Waals surface area contributed by atoms with Crippen molar-refractivity contribution in [3.05, 3.63) is 34.0 Å². The summed E-state index contributed by atoms with van der Waals surface area (Å²) in [6.45, 7) is 5.06. The summed E-state index contributed by atoms with van der Waals surface area (Å²) in [5.74, 6) is 0. The molecule has 0 spiro atoms. The molecule has 2 heterocycles. The maximum absolute atomic E-state index is 6.16. The van der Waals surface area contributed by atoms with Gasteiger partial charge in [-0.2, -0.15) is 5.10 Å². The first kappa shape index (κ1) is 11.3. The zero-order valence-electron chi connectivity index (χ0n) is 9.55.